The molecule has 0 spiro atoms. The molecular formula is C21H24N2O5S. The van der Waals surface area contributed by atoms with E-state index in [4.69, 9.17) is 9.47 Å². The van der Waals surface area contributed by atoms with Gasteiger partial charge < -0.3 is 9.47 Å². The van der Waals surface area contributed by atoms with Crippen molar-refractivity contribution in [2.24, 2.45) is 0 Å². The lowest BCUT2D eigenvalue weighted by molar-refractivity contribution is 0.0224. The Kier molecular flexibility index (Phi) is 6.02. The number of carbonyl (C=O) groups excluding carboxylic acids is 3. The van der Waals surface area contributed by atoms with E-state index in [2.05, 4.69) is 4.98 Å². The van der Waals surface area contributed by atoms with Crippen LogP contribution in [-0.4, -0.2) is 47.0 Å². The summed E-state index contributed by atoms with van der Waals surface area (Å²) >= 11 is 1.13. The van der Waals surface area contributed by atoms with Gasteiger partial charge in [0.2, 0.25) is 5.78 Å². The Morgan fingerprint density at radius 3 is 2.48 bits per heavy atom. The average molecular weight is 416 g/mol. The van der Waals surface area contributed by atoms with E-state index < -0.39 is 17.7 Å². The zero-order valence-electron chi connectivity index (χ0n) is 16.9. The molecule has 0 aliphatic carbocycles. The molecule has 29 heavy (non-hydrogen) atoms. The van der Waals surface area contributed by atoms with Crippen molar-refractivity contribution in [1.29, 1.82) is 0 Å². The van der Waals surface area contributed by atoms with Gasteiger partial charge in [-0.2, -0.15) is 0 Å². The van der Waals surface area contributed by atoms with Gasteiger partial charge in [-0.05, 0) is 33.6 Å². The summed E-state index contributed by atoms with van der Waals surface area (Å²) in [5, 5.41) is 0.535. The number of amides is 1. The van der Waals surface area contributed by atoms with E-state index >= 15 is 0 Å². The molecule has 1 fully saturated rings. The van der Waals surface area contributed by atoms with Crippen LogP contribution < -0.4 is 0 Å². The highest BCUT2D eigenvalue weighted by Crippen LogP contribution is 2.37. The summed E-state index contributed by atoms with van der Waals surface area (Å²) in [6.45, 7) is 5.97. The molecule has 1 atom stereocenters. The van der Waals surface area contributed by atoms with Crippen molar-refractivity contribution in [3.63, 3.8) is 0 Å². The van der Waals surface area contributed by atoms with Crippen LogP contribution in [0.5, 0.6) is 0 Å². The number of carbonyl (C=O) groups is 3. The second-order valence-electron chi connectivity index (χ2n) is 7.75. The van der Waals surface area contributed by atoms with E-state index in [1.54, 1.807) is 29.2 Å². The maximum absolute atomic E-state index is 13.0. The largest absolute Gasteiger partial charge is 0.464 e. The number of thiazole rings is 1. The first-order chi connectivity index (χ1) is 13.7. The number of ketones is 1. The molecule has 7 nitrogen and oxygen atoms in total. The SMILES string of the molecule is COC(=O)c1nc([C@@H]2CCCN2C(=O)OC(C)(C)C)sc1C(=O)c1ccccc1. The maximum atomic E-state index is 13.0. The van der Waals surface area contributed by atoms with Crippen molar-refractivity contribution >= 4 is 29.2 Å². The summed E-state index contributed by atoms with van der Waals surface area (Å²) < 4.78 is 10.3. The molecule has 154 valence electrons. The topological polar surface area (TPSA) is 85.8 Å². The molecule has 0 radical (unpaired) electrons. The Morgan fingerprint density at radius 1 is 1.17 bits per heavy atom. The van der Waals surface area contributed by atoms with E-state index in [0.29, 0.717) is 23.5 Å². The highest BCUT2D eigenvalue weighted by molar-refractivity contribution is 7.14. The molecule has 1 aromatic heterocycles. The fourth-order valence-corrected chi connectivity index (χ4v) is 4.31. The van der Waals surface area contributed by atoms with E-state index in [0.717, 1.165) is 17.8 Å². The lowest BCUT2D eigenvalue weighted by Crippen LogP contribution is -2.36. The van der Waals surface area contributed by atoms with Crippen molar-refractivity contribution in [3.8, 4) is 0 Å². The Bertz CT molecular complexity index is 917. The summed E-state index contributed by atoms with van der Waals surface area (Å²) in [5.74, 6) is -0.967. The molecule has 1 amide bonds. The van der Waals surface area contributed by atoms with Crippen LogP contribution in [0, 0.1) is 0 Å². The Labute approximate surface area is 173 Å². The van der Waals surface area contributed by atoms with Gasteiger partial charge in [0.25, 0.3) is 0 Å². The molecule has 8 heteroatoms. The van der Waals surface area contributed by atoms with Crippen molar-refractivity contribution < 1.29 is 23.9 Å². The van der Waals surface area contributed by atoms with Crippen LogP contribution in [0.15, 0.2) is 30.3 Å². The highest BCUT2D eigenvalue weighted by atomic mass is 32.1. The Balaban J connectivity index is 1.96. The molecule has 2 aromatic rings. The standard InChI is InChI=1S/C21H24N2O5S/c1-21(2,3)28-20(26)23-12-8-11-14(23)18-22-15(19(25)27-4)17(29-18)16(24)13-9-6-5-7-10-13/h5-7,9-10,14H,8,11-12H2,1-4H3/t14-/m0/s1. The average Bonchev–Trinajstić information content (AvgIpc) is 3.33. The van der Waals surface area contributed by atoms with Crippen molar-refractivity contribution in [3.05, 3.63) is 51.5 Å². The molecule has 3 rings (SSSR count). The molecule has 1 aromatic carbocycles. The van der Waals surface area contributed by atoms with E-state index in [9.17, 15) is 14.4 Å². The summed E-state index contributed by atoms with van der Waals surface area (Å²) in [5.41, 5.74) is -0.167. The van der Waals surface area contributed by atoms with Crippen LogP contribution in [-0.2, 0) is 9.47 Å². The minimum Gasteiger partial charge on any atom is -0.464 e. The fraction of sp³-hybridized carbons (Fsp3) is 0.429. The van der Waals surface area contributed by atoms with Gasteiger partial charge in [-0.1, -0.05) is 30.3 Å². The number of rotatable bonds is 4. The molecule has 0 bridgehead atoms. The lowest BCUT2D eigenvalue weighted by Gasteiger charge is -2.27. The van der Waals surface area contributed by atoms with Crippen molar-refractivity contribution in [2.75, 3.05) is 13.7 Å². The summed E-state index contributed by atoms with van der Waals surface area (Å²) in [7, 11) is 1.25. The first kappa shape index (κ1) is 21.0. The predicted octanol–water partition coefficient (Wildman–Crippen LogP) is 4.23. The lowest BCUT2D eigenvalue weighted by atomic mass is 10.1. The maximum Gasteiger partial charge on any atom is 0.410 e. The number of hydrogen-bond donors (Lipinski definition) is 0. The van der Waals surface area contributed by atoms with Crippen LogP contribution in [0.1, 0.15) is 70.4 Å². The van der Waals surface area contributed by atoms with Gasteiger partial charge in [-0.15, -0.1) is 11.3 Å². The number of likely N-dealkylation sites (tertiary alicyclic amines) is 1. The van der Waals surface area contributed by atoms with Gasteiger partial charge in [0, 0.05) is 12.1 Å². The molecule has 1 saturated heterocycles. The Morgan fingerprint density at radius 2 is 1.86 bits per heavy atom. The van der Waals surface area contributed by atoms with Crippen LogP contribution >= 0.6 is 11.3 Å². The zero-order valence-corrected chi connectivity index (χ0v) is 17.7. The van der Waals surface area contributed by atoms with Crippen LogP contribution in [0.4, 0.5) is 4.79 Å². The van der Waals surface area contributed by atoms with E-state index in [1.165, 1.54) is 7.11 Å². The number of aromatic nitrogens is 1. The number of methoxy groups -OCH3 is 1. The van der Waals surface area contributed by atoms with Crippen molar-refractivity contribution in [1.82, 2.24) is 9.88 Å². The highest BCUT2D eigenvalue weighted by Gasteiger charge is 2.37. The van der Waals surface area contributed by atoms with E-state index in [-0.39, 0.29) is 22.4 Å². The predicted molar refractivity (Wildman–Crippen MR) is 108 cm³/mol. The van der Waals surface area contributed by atoms with Gasteiger partial charge in [0.15, 0.2) is 5.69 Å². The smallest absolute Gasteiger partial charge is 0.410 e. The van der Waals surface area contributed by atoms with E-state index in [1.807, 2.05) is 26.8 Å². The molecule has 0 N–H and O–H groups in total. The third kappa shape index (κ3) is 4.64. The number of ether oxygens (including phenoxy) is 2. The normalized spacial score (nSPS) is 16.6. The molecular weight excluding hydrogens is 392 g/mol. The summed E-state index contributed by atoms with van der Waals surface area (Å²) in [4.78, 5) is 44.1. The third-order valence-corrected chi connectivity index (χ3v) is 5.59. The van der Waals surface area contributed by atoms with Gasteiger partial charge in [-0.25, -0.2) is 14.6 Å². The first-order valence-corrected chi connectivity index (χ1v) is 10.2. The Hall–Kier alpha value is -2.74. The fourth-order valence-electron chi connectivity index (χ4n) is 3.15. The van der Waals surface area contributed by atoms with Gasteiger partial charge in [-0.3, -0.25) is 9.69 Å². The first-order valence-electron chi connectivity index (χ1n) is 9.39. The molecule has 0 saturated carbocycles. The van der Waals surface area contributed by atoms with Gasteiger partial charge >= 0.3 is 12.1 Å². The minimum atomic E-state index is -0.673. The number of hydrogen-bond acceptors (Lipinski definition) is 7. The molecule has 0 unspecified atom stereocenters. The quantitative estimate of drug-likeness (QED) is 0.548. The van der Waals surface area contributed by atoms with Crippen LogP contribution in [0.25, 0.3) is 0 Å². The number of nitrogens with zero attached hydrogens (tertiary/aromatic N) is 2. The third-order valence-electron chi connectivity index (χ3n) is 4.43. The number of benzene rings is 1. The summed E-state index contributed by atoms with van der Waals surface area (Å²) in [6.07, 6.45) is 1.05. The second-order valence-corrected chi connectivity index (χ2v) is 8.78. The molecule has 2 heterocycles. The zero-order chi connectivity index (χ0) is 21.2. The van der Waals surface area contributed by atoms with Crippen LogP contribution in [0.3, 0.4) is 0 Å². The second kappa shape index (κ2) is 8.32. The molecule has 1 aliphatic rings. The monoisotopic (exact) mass is 416 g/mol. The van der Waals surface area contributed by atoms with Gasteiger partial charge in [0.1, 0.15) is 15.5 Å². The van der Waals surface area contributed by atoms with Crippen LogP contribution in [0.2, 0.25) is 0 Å². The minimum absolute atomic E-state index is 0.0163. The molecule has 1 aliphatic heterocycles. The van der Waals surface area contributed by atoms with Gasteiger partial charge in [0.05, 0.1) is 13.2 Å². The van der Waals surface area contributed by atoms with Crippen molar-refractivity contribution in [2.45, 2.75) is 45.3 Å². The number of esters is 1. The summed E-state index contributed by atoms with van der Waals surface area (Å²) in [6, 6.07) is 8.36.